The number of hydrogen-bond acceptors (Lipinski definition) is 2. The first-order valence-corrected chi connectivity index (χ1v) is 6.62. The molecule has 0 fully saturated rings. The van der Waals surface area contributed by atoms with Gasteiger partial charge in [-0.2, -0.15) is 0 Å². The fourth-order valence-corrected chi connectivity index (χ4v) is 4.10. The zero-order chi connectivity index (χ0) is 10.1. The summed E-state index contributed by atoms with van der Waals surface area (Å²) in [6.45, 7) is 0. The zero-order valence-corrected chi connectivity index (χ0v) is 9.72. The first-order valence-electron chi connectivity index (χ1n) is 4.92. The molecule has 0 aromatic heterocycles. The highest BCUT2D eigenvalue weighted by Crippen LogP contribution is 2.47. The lowest BCUT2D eigenvalue weighted by Gasteiger charge is -2.23. The third-order valence-corrected chi connectivity index (χ3v) is 5.13. The quantitative estimate of drug-likeness (QED) is 0.653. The van der Waals surface area contributed by atoms with Crippen LogP contribution < -0.4 is 0 Å². The van der Waals surface area contributed by atoms with Crippen LogP contribution in [-0.4, -0.2) is 5.25 Å². The number of thioether (sulfide) groups is 2. The fourth-order valence-electron chi connectivity index (χ4n) is 1.65. The molecule has 3 rings (SSSR count). The predicted molar refractivity (Wildman–Crippen MR) is 68.3 cm³/mol. The molecular weight excluding hydrogens is 220 g/mol. The van der Waals surface area contributed by atoms with Crippen molar-refractivity contribution in [2.75, 3.05) is 0 Å². The Bertz CT molecular complexity index is 469. The summed E-state index contributed by atoms with van der Waals surface area (Å²) < 4.78 is 0. The highest BCUT2D eigenvalue weighted by molar-refractivity contribution is 8.09. The molecule has 0 bridgehead atoms. The molecule has 1 aromatic carbocycles. The SMILES string of the molecule is C1=CC=C2Sc3ccccc3SC2C=C1. The Hall–Kier alpha value is -0.860. The highest BCUT2D eigenvalue weighted by atomic mass is 32.2. The summed E-state index contributed by atoms with van der Waals surface area (Å²) in [5.41, 5.74) is 0. The van der Waals surface area contributed by atoms with Crippen LogP contribution in [0, 0.1) is 0 Å². The molecule has 0 N–H and O–H groups in total. The van der Waals surface area contributed by atoms with Gasteiger partial charge in [0.2, 0.25) is 0 Å². The smallest absolute Gasteiger partial charge is 0.0591 e. The topological polar surface area (TPSA) is 0 Å². The van der Waals surface area contributed by atoms with Crippen molar-refractivity contribution in [3.05, 3.63) is 59.6 Å². The maximum atomic E-state index is 2.27. The van der Waals surface area contributed by atoms with Crippen LogP contribution in [0.15, 0.2) is 69.3 Å². The summed E-state index contributed by atoms with van der Waals surface area (Å²) in [6.07, 6.45) is 10.8. The van der Waals surface area contributed by atoms with Crippen molar-refractivity contribution in [3.8, 4) is 0 Å². The number of allylic oxidation sites excluding steroid dienone is 4. The molecule has 0 amide bonds. The summed E-state index contributed by atoms with van der Waals surface area (Å²) in [7, 11) is 0. The minimum Gasteiger partial charge on any atom is -0.112 e. The Balaban J connectivity index is 2.04. The minimum atomic E-state index is 0.500. The molecule has 0 spiro atoms. The van der Waals surface area contributed by atoms with Crippen LogP contribution in [0.1, 0.15) is 0 Å². The second-order valence-electron chi connectivity index (χ2n) is 3.43. The van der Waals surface area contributed by atoms with E-state index < -0.39 is 0 Å². The van der Waals surface area contributed by atoms with Gasteiger partial charge in [0.05, 0.1) is 5.25 Å². The molecule has 1 heterocycles. The van der Waals surface area contributed by atoms with E-state index >= 15 is 0 Å². The van der Waals surface area contributed by atoms with Gasteiger partial charge >= 0.3 is 0 Å². The van der Waals surface area contributed by atoms with E-state index in [1.807, 2.05) is 23.5 Å². The van der Waals surface area contributed by atoms with Gasteiger partial charge in [0.25, 0.3) is 0 Å². The largest absolute Gasteiger partial charge is 0.112 e. The van der Waals surface area contributed by atoms with Crippen molar-refractivity contribution < 1.29 is 0 Å². The van der Waals surface area contributed by atoms with E-state index in [1.165, 1.54) is 14.7 Å². The van der Waals surface area contributed by atoms with Crippen LogP contribution >= 0.6 is 23.5 Å². The lowest BCUT2D eigenvalue weighted by atomic mass is 10.3. The van der Waals surface area contributed by atoms with E-state index in [0.29, 0.717) is 5.25 Å². The molecular formula is C13H10S2. The maximum absolute atomic E-state index is 2.27. The minimum absolute atomic E-state index is 0.500. The van der Waals surface area contributed by atoms with E-state index in [9.17, 15) is 0 Å². The summed E-state index contributed by atoms with van der Waals surface area (Å²) in [5, 5.41) is 0.500. The van der Waals surface area contributed by atoms with Gasteiger partial charge in [-0.15, -0.1) is 11.8 Å². The molecule has 0 nitrogen and oxygen atoms in total. The molecule has 1 aliphatic carbocycles. The number of hydrogen-bond donors (Lipinski definition) is 0. The Labute approximate surface area is 98.2 Å². The maximum Gasteiger partial charge on any atom is 0.0591 e. The molecule has 1 atom stereocenters. The summed E-state index contributed by atoms with van der Waals surface area (Å²) >= 11 is 3.83. The number of benzene rings is 1. The monoisotopic (exact) mass is 230 g/mol. The van der Waals surface area contributed by atoms with Crippen molar-refractivity contribution in [3.63, 3.8) is 0 Å². The van der Waals surface area contributed by atoms with E-state index in [2.05, 4.69) is 54.6 Å². The van der Waals surface area contributed by atoms with Crippen LogP contribution in [0.3, 0.4) is 0 Å². The third kappa shape index (κ3) is 1.80. The van der Waals surface area contributed by atoms with Crippen molar-refractivity contribution in [1.29, 1.82) is 0 Å². The molecule has 1 aromatic rings. The number of fused-ring (bicyclic) bond motifs is 2. The molecule has 1 aliphatic heterocycles. The Morgan fingerprint density at radius 1 is 0.933 bits per heavy atom. The van der Waals surface area contributed by atoms with Crippen molar-refractivity contribution in [2.45, 2.75) is 15.0 Å². The van der Waals surface area contributed by atoms with Gasteiger partial charge in [-0.3, -0.25) is 0 Å². The van der Waals surface area contributed by atoms with E-state index in [-0.39, 0.29) is 0 Å². The highest BCUT2D eigenvalue weighted by Gasteiger charge is 2.22. The van der Waals surface area contributed by atoms with Crippen LogP contribution in [-0.2, 0) is 0 Å². The van der Waals surface area contributed by atoms with Gasteiger partial charge in [0, 0.05) is 14.7 Å². The summed E-state index contributed by atoms with van der Waals surface area (Å²) in [6, 6.07) is 8.62. The van der Waals surface area contributed by atoms with Crippen molar-refractivity contribution in [1.82, 2.24) is 0 Å². The normalized spacial score (nSPS) is 22.7. The number of rotatable bonds is 0. The average Bonchev–Trinajstić information content (AvgIpc) is 2.50. The van der Waals surface area contributed by atoms with Gasteiger partial charge in [-0.1, -0.05) is 54.3 Å². The second-order valence-corrected chi connectivity index (χ2v) is 5.72. The van der Waals surface area contributed by atoms with Gasteiger partial charge in [-0.05, 0) is 12.1 Å². The lowest BCUT2D eigenvalue weighted by Crippen LogP contribution is -2.04. The fraction of sp³-hybridized carbons (Fsp3) is 0.0769. The van der Waals surface area contributed by atoms with Gasteiger partial charge < -0.3 is 0 Å². The van der Waals surface area contributed by atoms with Crippen molar-refractivity contribution >= 4 is 23.5 Å². The van der Waals surface area contributed by atoms with Crippen LogP contribution in [0.25, 0.3) is 0 Å². The molecule has 15 heavy (non-hydrogen) atoms. The molecule has 2 aliphatic rings. The third-order valence-electron chi connectivity index (χ3n) is 2.38. The van der Waals surface area contributed by atoms with E-state index in [1.54, 1.807) is 0 Å². The van der Waals surface area contributed by atoms with Gasteiger partial charge in [-0.25, -0.2) is 0 Å². The molecule has 0 saturated heterocycles. The summed E-state index contributed by atoms with van der Waals surface area (Å²) in [5.74, 6) is 0. The van der Waals surface area contributed by atoms with Gasteiger partial charge in [0.1, 0.15) is 0 Å². The van der Waals surface area contributed by atoms with Crippen LogP contribution in [0.4, 0.5) is 0 Å². The molecule has 0 radical (unpaired) electrons. The van der Waals surface area contributed by atoms with Crippen LogP contribution in [0.2, 0.25) is 0 Å². The van der Waals surface area contributed by atoms with Gasteiger partial charge in [0.15, 0.2) is 0 Å². The Morgan fingerprint density at radius 3 is 2.73 bits per heavy atom. The zero-order valence-electron chi connectivity index (χ0n) is 8.09. The Morgan fingerprint density at radius 2 is 1.80 bits per heavy atom. The van der Waals surface area contributed by atoms with Crippen molar-refractivity contribution in [2.24, 2.45) is 0 Å². The molecule has 0 saturated carbocycles. The second kappa shape index (κ2) is 3.95. The first kappa shape index (κ1) is 9.37. The van der Waals surface area contributed by atoms with Crippen LogP contribution in [0.5, 0.6) is 0 Å². The summed E-state index contributed by atoms with van der Waals surface area (Å²) in [4.78, 5) is 4.22. The molecule has 1 unspecified atom stereocenters. The van der Waals surface area contributed by atoms with E-state index in [4.69, 9.17) is 0 Å². The first-order chi connectivity index (χ1) is 7.43. The average molecular weight is 230 g/mol. The van der Waals surface area contributed by atoms with E-state index in [0.717, 1.165) is 0 Å². The standard InChI is InChI=1S/C13H10S2/c1-2-6-10-11(7-3-1)15-13-9-5-4-8-12(13)14-10/h1-10H. The lowest BCUT2D eigenvalue weighted by molar-refractivity contribution is 1.21. The Kier molecular flexibility index (Phi) is 2.47. The predicted octanol–water partition coefficient (Wildman–Crippen LogP) is 4.26. The molecule has 74 valence electrons. The molecule has 2 heteroatoms.